The van der Waals surface area contributed by atoms with Crippen LogP contribution < -0.4 is 14.9 Å². The fourth-order valence-corrected chi connectivity index (χ4v) is 5.27. The van der Waals surface area contributed by atoms with Crippen LogP contribution in [0.2, 0.25) is 0 Å². The summed E-state index contributed by atoms with van der Waals surface area (Å²) < 4.78 is 60.9. The smallest absolute Gasteiger partial charge is 0.475 e. The molecule has 38 heavy (non-hydrogen) atoms. The first-order valence-corrected chi connectivity index (χ1v) is 13.6. The number of nitrogens with one attached hydrogen (secondary N) is 2. The van der Waals surface area contributed by atoms with Gasteiger partial charge in [-0.3, -0.25) is 9.52 Å². The lowest BCUT2D eigenvalue weighted by atomic mass is 10.1. The van der Waals surface area contributed by atoms with Gasteiger partial charge in [-0.15, -0.1) is 0 Å². The summed E-state index contributed by atoms with van der Waals surface area (Å²) in [6.07, 6.45) is -3.06. The number of carbonyl (C=O) groups excluding carboxylic acids is 1. The van der Waals surface area contributed by atoms with Gasteiger partial charge in [-0.1, -0.05) is 6.07 Å². The van der Waals surface area contributed by atoms with Crippen LogP contribution >= 0.6 is 0 Å². The summed E-state index contributed by atoms with van der Waals surface area (Å²) in [6, 6.07) is 10.5. The monoisotopic (exact) mass is 556 g/mol. The molecule has 4 rings (SSSR count). The zero-order valence-electron chi connectivity index (χ0n) is 21.1. The minimum Gasteiger partial charge on any atom is -0.475 e. The maximum atomic E-state index is 13.2. The highest BCUT2D eigenvalue weighted by molar-refractivity contribution is 7.92. The van der Waals surface area contributed by atoms with Crippen LogP contribution in [0, 0.1) is 13.8 Å². The number of halogens is 3. The Balaban J connectivity index is 0.000000505. The van der Waals surface area contributed by atoms with Crippen LogP contribution in [0.25, 0.3) is 0 Å². The molecule has 0 saturated carbocycles. The second-order valence-electron chi connectivity index (χ2n) is 9.12. The number of likely N-dealkylation sites (tertiary alicyclic amines) is 1. The Morgan fingerprint density at radius 1 is 0.947 bits per heavy atom. The van der Waals surface area contributed by atoms with E-state index in [1.807, 2.05) is 36.9 Å². The molecule has 2 aliphatic rings. The lowest BCUT2D eigenvalue weighted by Gasteiger charge is -2.31. The Hall–Kier alpha value is -3.32. The van der Waals surface area contributed by atoms with Crippen molar-refractivity contribution in [2.24, 2.45) is 0 Å². The van der Waals surface area contributed by atoms with Crippen molar-refractivity contribution in [2.75, 3.05) is 48.9 Å². The minimum atomic E-state index is -5.08. The standard InChI is InChI=1S/C23H30N4O3S.C2HF3O2/c1-17-5-7-20(15-18(17)2)31(29,30)25-21-16-19(23(28)27-11-3-4-12-27)6-8-22(21)26-13-9-24-10-14-26;3-2(4,5)1(6)7/h5-8,15-16,24-25H,3-4,9-14H2,1-2H3;(H,6,7). The van der Waals surface area contributed by atoms with Gasteiger partial charge in [-0.25, -0.2) is 13.2 Å². The van der Waals surface area contributed by atoms with Crippen molar-refractivity contribution >= 4 is 33.3 Å². The molecule has 0 radical (unpaired) electrons. The average molecular weight is 557 g/mol. The highest BCUT2D eigenvalue weighted by Gasteiger charge is 2.38. The fraction of sp³-hybridized carbons (Fsp3) is 0.440. The van der Waals surface area contributed by atoms with Crippen molar-refractivity contribution in [1.29, 1.82) is 0 Å². The molecule has 2 heterocycles. The molecule has 0 spiro atoms. The normalized spacial score (nSPS) is 16.0. The van der Waals surface area contributed by atoms with Gasteiger partial charge in [-0.05, 0) is 68.1 Å². The lowest BCUT2D eigenvalue weighted by molar-refractivity contribution is -0.192. The number of sulfonamides is 1. The number of carboxylic acid groups (broad SMARTS) is 1. The molecule has 2 fully saturated rings. The molecule has 9 nitrogen and oxygen atoms in total. The van der Waals surface area contributed by atoms with Crippen LogP contribution in [0.1, 0.15) is 34.3 Å². The minimum absolute atomic E-state index is 0.0454. The molecule has 0 unspecified atom stereocenters. The van der Waals surface area contributed by atoms with Crippen molar-refractivity contribution < 1.29 is 36.3 Å². The summed E-state index contributed by atoms with van der Waals surface area (Å²) in [4.78, 5) is 26.0. The topological polar surface area (TPSA) is 119 Å². The molecule has 3 N–H and O–H groups in total. The van der Waals surface area contributed by atoms with Gasteiger partial charge in [0.25, 0.3) is 15.9 Å². The van der Waals surface area contributed by atoms with E-state index >= 15 is 0 Å². The van der Waals surface area contributed by atoms with E-state index in [0.29, 0.717) is 11.3 Å². The van der Waals surface area contributed by atoms with Crippen LogP contribution in [0.4, 0.5) is 24.5 Å². The first-order chi connectivity index (χ1) is 17.8. The maximum absolute atomic E-state index is 13.2. The van der Waals surface area contributed by atoms with Gasteiger partial charge in [0, 0.05) is 44.8 Å². The third kappa shape index (κ3) is 7.38. The predicted molar refractivity (Wildman–Crippen MR) is 137 cm³/mol. The Morgan fingerprint density at radius 2 is 1.55 bits per heavy atom. The van der Waals surface area contributed by atoms with Crippen LogP contribution in [0.15, 0.2) is 41.3 Å². The summed E-state index contributed by atoms with van der Waals surface area (Å²) in [5, 5.41) is 10.4. The van der Waals surface area contributed by atoms with Crippen molar-refractivity contribution in [3.63, 3.8) is 0 Å². The number of anilines is 2. The van der Waals surface area contributed by atoms with Gasteiger partial charge in [0.05, 0.1) is 16.3 Å². The van der Waals surface area contributed by atoms with Crippen molar-refractivity contribution in [1.82, 2.24) is 10.2 Å². The molecule has 0 aromatic heterocycles. The number of alkyl halides is 3. The Bertz CT molecular complexity index is 1270. The molecule has 2 saturated heterocycles. The SMILES string of the molecule is Cc1ccc(S(=O)(=O)Nc2cc(C(=O)N3CCCC3)ccc2N2CCNCC2)cc1C.O=C(O)C(F)(F)F. The maximum Gasteiger partial charge on any atom is 0.490 e. The summed E-state index contributed by atoms with van der Waals surface area (Å²) >= 11 is 0. The number of hydrogen-bond acceptors (Lipinski definition) is 6. The largest absolute Gasteiger partial charge is 0.490 e. The second-order valence-corrected chi connectivity index (χ2v) is 10.8. The van der Waals surface area contributed by atoms with Gasteiger partial charge in [0.15, 0.2) is 0 Å². The number of carbonyl (C=O) groups is 2. The molecular weight excluding hydrogens is 525 g/mol. The van der Waals surface area contributed by atoms with E-state index in [9.17, 15) is 26.4 Å². The van der Waals surface area contributed by atoms with Gasteiger partial charge in [-0.2, -0.15) is 13.2 Å². The summed E-state index contributed by atoms with van der Waals surface area (Å²) in [5.41, 5.74) is 3.72. The van der Waals surface area contributed by atoms with Crippen LogP contribution in [0.3, 0.4) is 0 Å². The number of amides is 1. The van der Waals surface area contributed by atoms with Gasteiger partial charge < -0.3 is 20.2 Å². The zero-order valence-corrected chi connectivity index (χ0v) is 22.0. The first kappa shape index (κ1) is 29.2. The molecule has 2 aliphatic heterocycles. The number of rotatable bonds is 5. The number of carboxylic acids is 1. The average Bonchev–Trinajstić information content (AvgIpc) is 3.40. The quantitative estimate of drug-likeness (QED) is 0.517. The summed E-state index contributed by atoms with van der Waals surface area (Å²) in [6.45, 7) is 8.57. The van der Waals surface area contributed by atoms with Crippen molar-refractivity contribution in [3.05, 3.63) is 53.1 Å². The molecule has 13 heteroatoms. The number of piperazine rings is 1. The van der Waals surface area contributed by atoms with E-state index in [2.05, 4.69) is 14.9 Å². The van der Waals surface area contributed by atoms with E-state index < -0.39 is 22.2 Å². The number of nitrogens with zero attached hydrogens (tertiary/aromatic N) is 2. The molecular formula is C25H31F3N4O5S. The number of hydrogen-bond donors (Lipinski definition) is 3. The molecule has 208 valence electrons. The Labute approximate surface area is 219 Å². The van der Waals surface area contributed by atoms with E-state index in [-0.39, 0.29) is 10.8 Å². The molecule has 2 aromatic carbocycles. The van der Waals surface area contributed by atoms with Crippen LogP contribution in [-0.4, -0.2) is 75.7 Å². The fourth-order valence-electron chi connectivity index (χ4n) is 4.12. The Kier molecular flexibility index (Phi) is 9.26. The van der Waals surface area contributed by atoms with E-state index in [1.165, 1.54) is 0 Å². The third-order valence-electron chi connectivity index (χ3n) is 6.37. The molecule has 2 aromatic rings. The van der Waals surface area contributed by atoms with Crippen LogP contribution in [-0.2, 0) is 14.8 Å². The highest BCUT2D eigenvalue weighted by Crippen LogP contribution is 2.31. The lowest BCUT2D eigenvalue weighted by Crippen LogP contribution is -2.43. The van der Waals surface area contributed by atoms with Crippen molar-refractivity contribution in [3.8, 4) is 0 Å². The second kappa shape index (κ2) is 12.0. The third-order valence-corrected chi connectivity index (χ3v) is 7.73. The molecule has 0 aliphatic carbocycles. The van der Waals surface area contributed by atoms with E-state index in [4.69, 9.17) is 9.90 Å². The van der Waals surface area contributed by atoms with E-state index in [1.54, 1.807) is 18.2 Å². The van der Waals surface area contributed by atoms with Gasteiger partial charge in [0.2, 0.25) is 0 Å². The van der Waals surface area contributed by atoms with Crippen LogP contribution in [0.5, 0.6) is 0 Å². The number of aliphatic carboxylic acids is 1. The molecule has 0 bridgehead atoms. The number of aryl methyl sites for hydroxylation is 2. The summed E-state index contributed by atoms with van der Waals surface area (Å²) in [7, 11) is -3.79. The van der Waals surface area contributed by atoms with Crippen molar-refractivity contribution in [2.45, 2.75) is 37.8 Å². The van der Waals surface area contributed by atoms with Gasteiger partial charge in [0.1, 0.15) is 0 Å². The summed E-state index contributed by atoms with van der Waals surface area (Å²) in [5.74, 6) is -2.80. The first-order valence-electron chi connectivity index (χ1n) is 12.1. The molecule has 1 amide bonds. The van der Waals surface area contributed by atoms with Gasteiger partial charge >= 0.3 is 12.1 Å². The predicted octanol–water partition coefficient (Wildman–Crippen LogP) is 3.38. The molecule has 0 atom stereocenters. The zero-order chi connectivity index (χ0) is 28.1. The highest BCUT2D eigenvalue weighted by atomic mass is 32.2. The number of benzene rings is 2. The van der Waals surface area contributed by atoms with E-state index in [0.717, 1.165) is 68.9 Å². The Morgan fingerprint density at radius 3 is 2.11 bits per heavy atom.